The lowest BCUT2D eigenvalue weighted by molar-refractivity contribution is 0.102. The van der Waals surface area contributed by atoms with Gasteiger partial charge in [0.2, 0.25) is 0 Å². The van der Waals surface area contributed by atoms with Crippen molar-refractivity contribution in [2.24, 2.45) is 18.7 Å². The quantitative estimate of drug-likeness (QED) is 0.639. The van der Waals surface area contributed by atoms with E-state index in [0.29, 0.717) is 11.6 Å². The van der Waals surface area contributed by atoms with Gasteiger partial charge in [-0.3, -0.25) is 9.48 Å². The monoisotopic (exact) mass is 446 g/mol. The third kappa shape index (κ3) is 4.45. The Bertz CT molecular complexity index is 1080. The second-order valence-corrected chi connectivity index (χ2v) is 8.79. The topological polar surface area (TPSA) is 89.1 Å². The number of benzene rings is 1. The molecular formula is C21H24F2N6OS. The van der Waals surface area contributed by atoms with Crippen LogP contribution >= 0.6 is 11.3 Å². The van der Waals surface area contributed by atoms with Gasteiger partial charge in [-0.05, 0) is 30.9 Å². The first kappa shape index (κ1) is 21.4. The summed E-state index contributed by atoms with van der Waals surface area (Å²) in [5.41, 5.74) is 6.58. The van der Waals surface area contributed by atoms with E-state index in [0.717, 1.165) is 55.2 Å². The Morgan fingerprint density at radius 2 is 2.06 bits per heavy atom. The first-order valence-electron chi connectivity index (χ1n) is 10.1. The van der Waals surface area contributed by atoms with Crippen molar-refractivity contribution in [2.75, 3.05) is 23.3 Å². The van der Waals surface area contributed by atoms with E-state index in [9.17, 15) is 13.6 Å². The van der Waals surface area contributed by atoms with Gasteiger partial charge in [-0.15, -0.1) is 11.3 Å². The average molecular weight is 447 g/mol. The van der Waals surface area contributed by atoms with Crippen molar-refractivity contribution in [3.05, 3.63) is 47.1 Å². The number of nitrogens with one attached hydrogen (secondary N) is 1. The molecule has 1 aliphatic rings. The molecule has 3 aromatic rings. The molecule has 2 atom stereocenters. The molecule has 1 saturated heterocycles. The summed E-state index contributed by atoms with van der Waals surface area (Å²) in [6, 6.07) is 3.76. The van der Waals surface area contributed by atoms with Gasteiger partial charge >= 0.3 is 0 Å². The minimum Gasteiger partial charge on any atom is -0.355 e. The lowest BCUT2D eigenvalue weighted by Crippen LogP contribution is -2.30. The highest BCUT2D eigenvalue weighted by molar-refractivity contribution is 7.13. The van der Waals surface area contributed by atoms with Gasteiger partial charge in [0.15, 0.2) is 5.82 Å². The molecule has 164 valence electrons. The van der Waals surface area contributed by atoms with Crippen molar-refractivity contribution in [1.82, 2.24) is 14.8 Å². The van der Waals surface area contributed by atoms with E-state index in [1.807, 2.05) is 7.05 Å². The second kappa shape index (κ2) is 8.72. The van der Waals surface area contributed by atoms with Crippen LogP contribution in [0.5, 0.6) is 0 Å². The Balaban J connectivity index is 1.56. The Kier molecular flexibility index (Phi) is 6.01. The third-order valence-electron chi connectivity index (χ3n) is 5.38. The highest BCUT2D eigenvalue weighted by Crippen LogP contribution is 2.31. The maximum Gasteiger partial charge on any atom is 0.275 e. The largest absolute Gasteiger partial charge is 0.355 e. The number of thiazole rings is 1. The maximum absolute atomic E-state index is 14.0. The van der Waals surface area contributed by atoms with E-state index in [-0.39, 0.29) is 22.3 Å². The lowest BCUT2D eigenvalue weighted by Gasteiger charge is -2.25. The predicted molar refractivity (Wildman–Crippen MR) is 117 cm³/mol. The number of aryl methyl sites for hydroxylation is 1. The van der Waals surface area contributed by atoms with E-state index in [4.69, 9.17) is 5.73 Å². The Morgan fingerprint density at radius 1 is 1.32 bits per heavy atom. The number of nitrogens with zero attached hydrogens (tertiary/aromatic N) is 4. The summed E-state index contributed by atoms with van der Waals surface area (Å²) in [6.07, 6.45) is 3.39. The van der Waals surface area contributed by atoms with Crippen molar-refractivity contribution < 1.29 is 13.6 Å². The summed E-state index contributed by atoms with van der Waals surface area (Å²) in [5, 5.41) is 8.75. The summed E-state index contributed by atoms with van der Waals surface area (Å²) >= 11 is 1.01. The van der Waals surface area contributed by atoms with Crippen LogP contribution in [0.1, 0.15) is 30.3 Å². The van der Waals surface area contributed by atoms with Crippen molar-refractivity contribution in [1.29, 1.82) is 0 Å². The summed E-state index contributed by atoms with van der Waals surface area (Å²) in [6.45, 7) is 3.73. The predicted octanol–water partition coefficient (Wildman–Crippen LogP) is 3.64. The number of halogens is 2. The number of hydrogen-bond donors (Lipinski definition) is 2. The van der Waals surface area contributed by atoms with E-state index >= 15 is 0 Å². The number of rotatable bonds is 4. The van der Waals surface area contributed by atoms with Crippen molar-refractivity contribution in [3.8, 4) is 10.6 Å². The van der Waals surface area contributed by atoms with Crippen LogP contribution in [0.2, 0.25) is 0 Å². The molecule has 31 heavy (non-hydrogen) atoms. The van der Waals surface area contributed by atoms with E-state index in [1.165, 1.54) is 11.4 Å². The molecule has 0 bridgehead atoms. The van der Waals surface area contributed by atoms with Crippen molar-refractivity contribution in [2.45, 2.75) is 25.8 Å². The van der Waals surface area contributed by atoms with Crippen LogP contribution in [-0.4, -0.2) is 39.8 Å². The van der Waals surface area contributed by atoms with Crippen LogP contribution in [0.15, 0.2) is 29.8 Å². The molecule has 4 rings (SSSR count). The molecule has 10 heteroatoms. The molecule has 1 aromatic carbocycles. The molecule has 0 aliphatic carbocycles. The smallest absolute Gasteiger partial charge is 0.275 e. The molecule has 0 unspecified atom stereocenters. The number of carbonyl (C=O) groups is 1. The van der Waals surface area contributed by atoms with Gasteiger partial charge in [0.1, 0.15) is 28.0 Å². The Labute approximate surface area is 182 Å². The van der Waals surface area contributed by atoms with Crippen LogP contribution in [-0.2, 0) is 7.05 Å². The number of hydrogen-bond acceptors (Lipinski definition) is 6. The molecule has 1 fully saturated rings. The number of carbonyl (C=O) groups excluding carboxylic acids is 1. The number of amides is 1. The molecule has 2 aromatic heterocycles. The van der Waals surface area contributed by atoms with Crippen LogP contribution in [0.25, 0.3) is 10.6 Å². The molecule has 0 spiro atoms. The number of aromatic nitrogens is 3. The van der Waals surface area contributed by atoms with Gasteiger partial charge in [0.05, 0.1) is 11.8 Å². The summed E-state index contributed by atoms with van der Waals surface area (Å²) in [4.78, 5) is 19.2. The fraction of sp³-hybridized carbons (Fsp3) is 0.381. The molecule has 3 N–H and O–H groups in total. The highest BCUT2D eigenvalue weighted by Gasteiger charge is 2.25. The lowest BCUT2D eigenvalue weighted by atomic mass is 10.0. The summed E-state index contributed by atoms with van der Waals surface area (Å²) in [5.74, 6) is -0.695. The fourth-order valence-electron chi connectivity index (χ4n) is 3.97. The van der Waals surface area contributed by atoms with Crippen LogP contribution < -0.4 is 16.0 Å². The fourth-order valence-corrected chi connectivity index (χ4v) is 4.81. The maximum atomic E-state index is 14.0. The third-order valence-corrected chi connectivity index (χ3v) is 6.24. The second-order valence-electron chi connectivity index (χ2n) is 7.93. The van der Waals surface area contributed by atoms with Crippen molar-refractivity contribution in [3.63, 3.8) is 0 Å². The molecular weight excluding hydrogens is 422 g/mol. The normalized spacial score (nSPS) is 19.3. The van der Waals surface area contributed by atoms with Gasteiger partial charge < -0.3 is 16.0 Å². The van der Waals surface area contributed by atoms with Crippen LogP contribution in [0, 0.1) is 17.6 Å². The van der Waals surface area contributed by atoms with Gasteiger partial charge in [0, 0.05) is 31.6 Å². The van der Waals surface area contributed by atoms with Gasteiger partial charge in [-0.25, -0.2) is 13.8 Å². The van der Waals surface area contributed by atoms with Crippen molar-refractivity contribution >= 4 is 28.7 Å². The van der Waals surface area contributed by atoms with Gasteiger partial charge in [-0.2, -0.15) is 5.10 Å². The molecule has 7 nitrogen and oxygen atoms in total. The average Bonchev–Trinajstić information content (AvgIpc) is 3.28. The zero-order valence-electron chi connectivity index (χ0n) is 17.3. The molecule has 0 saturated carbocycles. The Hall–Kier alpha value is -2.85. The zero-order valence-corrected chi connectivity index (χ0v) is 18.1. The Morgan fingerprint density at radius 3 is 2.81 bits per heavy atom. The molecule has 3 heterocycles. The SMILES string of the molecule is C[C@H]1C[C@H](N)CCN(c2c(NC(=O)c3csc(-c4c(F)cccc4F)n3)cnn2C)C1. The highest BCUT2D eigenvalue weighted by atomic mass is 32.1. The van der Waals surface area contributed by atoms with E-state index < -0.39 is 17.5 Å². The molecule has 1 amide bonds. The summed E-state index contributed by atoms with van der Waals surface area (Å²) in [7, 11) is 1.82. The van der Waals surface area contributed by atoms with Crippen LogP contribution in [0.3, 0.4) is 0 Å². The first-order chi connectivity index (χ1) is 14.8. The minimum absolute atomic E-state index is 0.0868. The number of anilines is 2. The zero-order chi connectivity index (χ0) is 22.1. The van der Waals surface area contributed by atoms with Gasteiger partial charge in [-0.1, -0.05) is 13.0 Å². The van der Waals surface area contributed by atoms with Crippen LogP contribution in [0.4, 0.5) is 20.3 Å². The first-order valence-corrected chi connectivity index (χ1v) is 10.9. The molecule has 0 radical (unpaired) electrons. The number of nitrogens with two attached hydrogens (primary N) is 1. The van der Waals surface area contributed by atoms with Gasteiger partial charge in [0.25, 0.3) is 5.91 Å². The van der Waals surface area contributed by atoms with E-state index in [2.05, 4.69) is 27.2 Å². The molecule has 1 aliphatic heterocycles. The summed E-state index contributed by atoms with van der Waals surface area (Å²) < 4.78 is 29.8. The van der Waals surface area contributed by atoms with E-state index in [1.54, 1.807) is 10.9 Å². The standard InChI is InChI=1S/C21H24F2N6OS/c1-12-8-13(24)6-7-29(10-12)21-16(9-25-28(21)2)26-19(30)17-11-31-20(27-17)18-14(22)4-3-5-15(18)23/h3-5,9,11-13H,6-8,10,24H2,1-2H3,(H,26,30)/t12-,13+/m0/s1. The minimum atomic E-state index is -0.718.